The van der Waals surface area contributed by atoms with Gasteiger partial charge in [0.05, 0.1) is 19.3 Å². The molecule has 0 aromatic carbocycles. The fraction of sp³-hybridized carbons (Fsp3) is 0.636. The molecule has 1 aliphatic heterocycles. The van der Waals surface area contributed by atoms with Gasteiger partial charge in [-0.3, -0.25) is 14.3 Å². The molecule has 3 N–H and O–H groups in total. The maximum Gasteiger partial charge on any atom is 0.328 e. The van der Waals surface area contributed by atoms with Gasteiger partial charge in [-0.05, 0) is 6.92 Å². The highest BCUT2D eigenvalue weighted by atomic mass is 19.1. The summed E-state index contributed by atoms with van der Waals surface area (Å²) in [6.07, 6.45) is -3.07. The Morgan fingerprint density at radius 2 is 2.26 bits per heavy atom. The molecule has 2 rings (SSSR count). The number of halogens is 1. The van der Waals surface area contributed by atoms with Crippen LogP contribution in [0.5, 0.6) is 0 Å². The van der Waals surface area contributed by atoms with Crippen LogP contribution in [0, 0.1) is 6.92 Å². The van der Waals surface area contributed by atoms with Crippen LogP contribution in [0.2, 0.25) is 0 Å². The molecule has 0 amide bonds. The lowest BCUT2D eigenvalue weighted by atomic mass is 9.99. The van der Waals surface area contributed by atoms with Crippen LogP contribution in [0.3, 0.4) is 0 Å². The Morgan fingerprint density at radius 1 is 1.58 bits per heavy atom. The average molecular weight is 274 g/mol. The summed E-state index contributed by atoms with van der Waals surface area (Å²) in [5, 5.41) is 18.5. The fourth-order valence-electron chi connectivity index (χ4n) is 2.07. The van der Waals surface area contributed by atoms with Gasteiger partial charge in [-0.25, -0.2) is 9.18 Å². The summed E-state index contributed by atoms with van der Waals surface area (Å²) in [5.41, 5.74) is -1.05. The molecular formula is C11H15FN2O5. The van der Waals surface area contributed by atoms with E-state index < -0.39 is 42.3 Å². The zero-order chi connectivity index (χ0) is 14.2. The van der Waals surface area contributed by atoms with Crippen molar-refractivity contribution >= 4 is 0 Å². The highest BCUT2D eigenvalue weighted by Gasteiger charge is 2.40. The standard InChI is InChI=1S/C11H15FN2O5/c1-5-2-14(11(18)13-10(5)17)6-4-19-7(3-15)9(16)8(6)12/h2,6-9,15-16H,3-4H2,1H3,(H,13,17,18)/t6-,7?,8+,9-/m1/s1. The maximum atomic E-state index is 14.1. The monoisotopic (exact) mass is 274 g/mol. The molecule has 1 fully saturated rings. The molecule has 106 valence electrons. The molecular weight excluding hydrogens is 259 g/mol. The van der Waals surface area contributed by atoms with Crippen LogP contribution in [-0.4, -0.2) is 51.4 Å². The van der Waals surface area contributed by atoms with Crippen molar-refractivity contribution in [2.24, 2.45) is 0 Å². The Hall–Kier alpha value is -1.51. The van der Waals surface area contributed by atoms with E-state index in [0.717, 1.165) is 4.57 Å². The van der Waals surface area contributed by atoms with E-state index >= 15 is 0 Å². The molecule has 1 aliphatic rings. The van der Waals surface area contributed by atoms with Crippen LogP contribution < -0.4 is 11.2 Å². The molecule has 1 aromatic rings. The van der Waals surface area contributed by atoms with Crippen LogP contribution in [0.25, 0.3) is 0 Å². The number of nitrogens with one attached hydrogen (secondary N) is 1. The lowest BCUT2D eigenvalue weighted by Gasteiger charge is -2.36. The molecule has 0 radical (unpaired) electrons. The van der Waals surface area contributed by atoms with Gasteiger partial charge >= 0.3 is 5.69 Å². The Labute approximate surface area is 107 Å². The minimum absolute atomic E-state index is 0.172. The maximum absolute atomic E-state index is 14.1. The van der Waals surface area contributed by atoms with Gasteiger partial charge in [0, 0.05) is 11.8 Å². The zero-order valence-electron chi connectivity index (χ0n) is 10.2. The van der Waals surface area contributed by atoms with Gasteiger partial charge < -0.3 is 14.9 Å². The van der Waals surface area contributed by atoms with Gasteiger partial charge in [0.2, 0.25) is 0 Å². The SMILES string of the molecule is Cc1cn([C@@H]2COC(CO)[C@@H](O)[C@H]2F)c(=O)[nH]c1=O. The summed E-state index contributed by atoms with van der Waals surface area (Å²) in [5.74, 6) is 0. The molecule has 8 heteroatoms. The van der Waals surface area contributed by atoms with Crippen molar-refractivity contribution < 1.29 is 19.3 Å². The first-order valence-corrected chi connectivity index (χ1v) is 5.82. The lowest BCUT2D eigenvalue weighted by Crippen LogP contribution is -2.52. The minimum atomic E-state index is -1.77. The Morgan fingerprint density at radius 3 is 2.89 bits per heavy atom. The number of nitrogens with zero attached hydrogens (tertiary/aromatic N) is 1. The molecule has 1 aromatic heterocycles. The Balaban J connectivity index is 2.35. The van der Waals surface area contributed by atoms with Crippen LogP contribution >= 0.6 is 0 Å². The molecule has 0 aliphatic carbocycles. The molecule has 0 bridgehead atoms. The number of alkyl halides is 1. The van der Waals surface area contributed by atoms with E-state index in [-0.39, 0.29) is 12.2 Å². The number of aliphatic hydroxyl groups is 2. The topological polar surface area (TPSA) is 105 Å². The van der Waals surface area contributed by atoms with Gasteiger partial charge in [-0.2, -0.15) is 0 Å². The van der Waals surface area contributed by atoms with Gasteiger partial charge in [0.15, 0.2) is 6.17 Å². The van der Waals surface area contributed by atoms with Gasteiger partial charge in [-0.15, -0.1) is 0 Å². The Kier molecular flexibility index (Phi) is 3.83. The number of aromatic amines is 1. The van der Waals surface area contributed by atoms with E-state index in [1.807, 2.05) is 0 Å². The zero-order valence-corrected chi connectivity index (χ0v) is 10.2. The number of aryl methyl sites for hydroxylation is 1. The highest BCUT2D eigenvalue weighted by molar-refractivity contribution is 5.03. The number of aromatic nitrogens is 2. The van der Waals surface area contributed by atoms with E-state index in [0.29, 0.717) is 0 Å². The van der Waals surface area contributed by atoms with Gasteiger partial charge in [0.25, 0.3) is 5.56 Å². The number of hydrogen-bond donors (Lipinski definition) is 3. The van der Waals surface area contributed by atoms with E-state index in [1.165, 1.54) is 13.1 Å². The molecule has 7 nitrogen and oxygen atoms in total. The Bertz CT molecular complexity index is 569. The first kappa shape index (κ1) is 13.9. The summed E-state index contributed by atoms with van der Waals surface area (Å²) in [6, 6.07) is -1.04. The van der Waals surface area contributed by atoms with Crippen LogP contribution in [0.15, 0.2) is 15.8 Å². The van der Waals surface area contributed by atoms with Gasteiger partial charge in [-0.1, -0.05) is 0 Å². The van der Waals surface area contributed by atoms with E-state index in [4.69, 9.17) is 9.84 Å². The first-order valence-electron chi connectivity index (χ1n) is 5.82. The first-order chi connectivity index (χ1) is 8.95. The third kappa shape index (κ3) is 2.46. The third-order valence-corrected chi connectivity index (χ3v) is 3.24. The number of ether oxygens (including phenoxy) is 1. The van der Waals surface area contributed by atoms with Crippen molar-refractivity contribution in [3.8, 4) is 0 Å². The molecule has 0 saturated carbocycles. The van der Waals surface area contributed by atoms with Crippen molar-refractivity contribution in [2.45, 2.75) is 31.3 Å². The number of hydrogen-bond acceptors (Lipinski definition) is 5. The normalized spacial score (nSPS) is 31.4. The predicted octanol–water partition coefficient (Wildman–Crippen LogP) is -1.52. The van der Waals surface area contributed by atoms with E-state index in [9.17, 15) is 19.1 Å². The molecule has 19 heavy (non-hydrogen) atoms. The van der Waals surface area contributed by atoms with Crippen LogP contribution in [0.1, 0.15) is 11.6 Å². The fourth-order valence-corrected chi connectivity index (χ4v) is 2.07. The number of aliphatic hydroxyl groups excluding tert-OH is 2. The summed E-state index contributed by atoms with van der Waals surface area (Å²) in [4.78, 5) is 25.0. The number of rotatable bonds is 2. The quantitative estimate of drug-likeness (QED) is 0.607. The average Bonchev–Trinajstić information content (AvgIpc) is 2.37. The minimum Gasteiger partial charge on any atom is -0.394 e. The third-order valence-electron chi connectivity index (χ3n) is 3.24. The predicted molar refractivity (Wildman–Crippen MR) is 62.8 cm³/mol. The second-order valence-electron chi connectivity index (χ2n) is 4.54. The van der Waals surface area contributed by atoms with E-state index in [2.05, 4.69) is 4.98 Å². The lowest BCUT2D eigenvalue weighted by molar-refractivity contribution is -0.149. The van der Waals surface area contributed by atoms with Crippen molar-refractivity contribution in [3.05, 3.63) is 32.6 Å². The van der Waals surface area contributed by atoms with Crippen molar-refractivity contribution in [1.82, 2.24) is 9.55 Å². The van der Waals surface area contributed by atoms with Crippen LogP contribution in [0.4, 0.5) is 4.39 Å². The smallest absolute Gasteiger partial charge is 0.328 e. The molecule has 0 spiro atoms. The molecule has 2 heterocycles. The van der Waals surface area contributed by atoms with Gasteiger partial charge in [0.1, 0.15) is 12.2 Å². The molecule has 4 atom stereocenters. The second kappa shape index (κ2) is 5.24. The van der Waals surface area contributed by atoms with Crippen molar-refractivity contribution in [2.75, 3.05) is 13.2 Å². The second-order valence-corrected chi connectivity index (χ2v) is 4.54. The summed E-state index contributed by atoms with van der Waals surface area (Å²) >= 11 is 0. The van der Waals surface area contributed by atoms with E-state index in [1.54, 1.807) is 0 Å². The summed E-state index contributed by atoms with van der Waals surface area (Å²) in [7, 11) is 0. The summed E-state index contributed by atoms with van der Waals surface area (Å²) < 4.78 is 20.2. The van der Waals surface area contributed by atoms with Crippen molar-refractivity contribution in [1.29, 1.82) is 0 Å². The largest absolute Gasteiger partial charge is 0.394 e. The van der Waals surface area contributed by atoms with Crippen molar-refractivity contribution in [3.63, 3.8) is 0 Å². The molecule has 1 unspecified atom stereocenters. The summed E-state index contributed by atoms with van der Waals surface area (Å²) in [6.45, 7) is 0.807. The highest BCUT2D eigenvalue weighted by Crippen LogP contribution is 2.26. The number of H-pyrrole nitrogens is 1. The molecule has 1 saturated heterocycles. The van der Waals surface area contributed by atoms with Crippen LogP contribution in [-0.2, 0) is 4.74 Å².